The summed E-state index contributed by atoms with van der Waals surface area (Å²) in [6, 6.07) is -0.719. The largest absolute Gasteiger partial charge is 0.478 e. The third-order valence-corrected chi connectivity index (χ3v) is 2.57. The molecule has 8 nitrogen and oxygen atoms in total. The maximum absolute atomic E-state index is 12.0. The summed E-state index contributed by atoms with van der Waals surface area (Å²) < 4.78 is 5.95. The Labute approximate surface area is 121 Å². The smallest absolute Gasteiger partial charge is 0.338 e. The van der Waals surface area contributed by atoms with Crippen LogP contribution in [0.1, 0.15) is 37.2 Å². The number of aromatic nitrogens is 2. The number of esters is 1. The number of carboxylic acid groups (broad SMARTS) is 1. The monoisotopic (exact) mass is 295 g/mol. The van der Waals surface area contributed by atoms with Crippen molar-refractivity contribution in [2.75, 3.05) is 6.61 Å². The lowest BCUT2D eigenvalue weighted by atomic mass is 10.3. The van der Waals surface area contributed by atoms with Crippen LogP contribution in [-0.2, 0) is 14.3 Å². The Morgan fingerprint density at radius 2 is 2.19 bits per heavy atom. The fourth-order valence-corrected chi connectivity index (χ4v) is 1.48. The molecule has 0 aliphatic carbocycles. The standard InChI is InChI=1S/C13H17N3O5/c1-4-21-11(17)5-8(2)15-12(18)9(3)16-7-10(6-14-16)13(19)20/h5-7,9H,4H2,1-3H3,(H,15,18)(H,19,20)/b8-5+. The van der Waals surface area contributed by atoms with Crippen molar-refractivity contribution in [1.29, 1.82) is 0 Å². The molecule has 0 aliphatic heterocycles. The highest BCUT2D eigenvalue weighted by molar-refractivity contribution is 5.88. The number of nitrogens with zero attached hydrogens (tertiary/aromatic N) is 2. The average Bonchev–Trinajstić information content (AvgIpc) is 2.87. The van der Waals surface area contributed by atoms with Crippen LogP contribution >= 0.6 is 0 Å². The fraction of sp³-hybridized carbons (Fsp3) is 0.385. The third-order valence-electron chi connectivity index (χ3n) is 2.57. The summed E-state index contributed by atoms with van der Waals surface area (Å²) in [6.45, 7) is 5.04. The number of rotatable bonds is 6. The number of nitrogens with one attached hydrogen (secondary N) is 1. The molecule has 0 radical (unpaired) electrons. The van der Waals surface area contributed by atoms with Gasteiger partial charge in [0.05, 0.1) is 18.4 Å². The highest BCUT2D eigenvalue weighted by Crippen LogP contribution is 2.07. The van der Waals surface area contributed by atoms with Gasteiger partial charge in [0.25, 0.3) is 0 Å². The summed E-state index contributed by atoms with van der Waals surface area (Å²) >= 11 is 0. The Balaban J connectivity index is 2.69. The maximum Gasteiger partial charge on any atom is 0.338 e. The molecule has 2 N–H and O–H groups in total. The molecule has 0 spiro atoms. The topological polar surface area (TPSA) is 111 Å². The van der Waals surface area contributed by atoms with E-state index >= 15 is 0 Å². The van der Waals surface area contributed by atoms with E-state index in [2.05, 4.69) is 10.4 Å². The van der Waals surface area contributed by atoms with Crippen molar-refractivity contribution in [2.45, 2.75) is 26.8 Å². The van der Waals surface area contributed by atoms with Crippen molar-refractivity contribution >= 4 is 17.8 Å². The van der Waals surface area contributed by atoms with Gasteiger partial charge in [-0.25, -0.2) is 9.59 Å². The fourth-order valence-electron chi connectivity index (χ4n) is 1.48. The highest BCUT2D eigenvalue weighted by atomic mass is 16.5. The molecule has 0 aromatic carbocycles. The molecule has 0 saturated heterocycles. The van der Waals surface area contributed by atoms with E-state index in [0.717, 1.165) is 6.20 Å². The van der Waals surface area contributed by atoms with Crippen LogP contribution in [0, 0.1) is 0 Å². The molecule has 0 aliphatic rings. The van der Waals surface area contributed by atoms with E-state index in [9.17, 15) is 14.4 Å². The lowest BCUT2D eigenvalue weighted by Crippen LogP contribution is -2.30. The molecular weight excluding hydrogens is 278 g/mol. The Hall–Kier alpha value is -2.64. The van der Waals surface area contributed by atoms with Gasteiger partial charge in [-0.3, -0.25) is 9.48 Å². The zero-order valence-electron chi connectivity index (χ0n) is 12.0. The molecule has 114 valence electrons. The number of amides is 1. The van der Waals surface area contributed by atoms with Gasteiger partial charge in [0.15, 0.2) is 0 Å². The van der Waals surface area contributed by atoms with E-state index in [4.69, 9.17) is 9.84 Å². The first kappa shape index (κ1) is 16.4. The van der Waals surface area contributed by atoms with Gasteiger partial charge in [0.1, 0.15) is 6.04 Å². The van der Waals surface area contributed by atoms with Crippen LogP contribution in [0.25, 0.3) is 0 Å². The number of allylic oxidation sites excluding steroid dienone is 1. The molecule has 1 amide bonds. The van der Waals surface area contributed by atoms with E-state index in [1.54, 1.807) is 20.8 Å². The summed E-state index contributed by atoms with van der Waals surface area (Å²) in [5, 5.41) is 15.1. The van der Waals surface area contributed by atoms with Crippen molar-refractivity contribution in [3.05, 3.63) is 29.7 Å². The van der Waals surface area contributed by atoms with Gasteiger partial charge < -0.3 is 15.2 Å². The third kappa shape index (κ3) is 4.75. The predicted molar refractivity (Wildman–Crippen MR) is 72.4 cm³/mol. The van der Waals surface area contributed by atoms with Gasteiger partial charge in [-0.2, -0.15) is 5.10 Å². The van der Waals surface area contributed by atoms with Crippen molar-refractivity contribution < 1.29 is 24.2 Å². The summed E-state index contributed by atoms with van der Waals surface area (Å²) in [7, 11) is 0. The zero-order valence-corrected chi connectivity index (χ0v) is 12.0. The molecule has 1 aromatic heterocycles. The van der Waals surface area contributed by atoms with E-state index in [-0.39, 0.29) is 12.2 Å². The Morgan fingerprint density at radius 1 is 1.52 bits per heavy atom. The van der Waals surface area contributed by atoms with Crippen molar-refractivity contribution in [2.24, 2.45) is 0 Å². The number of carbonyl (C=O) groups excluding carboxylic acids is 2. The van der Waals surface area contributed by atoms with Crippen LogP contribution in [0.5, 0.6) is 0 Å². The van der Waals surface area contributed by atoms with Gasteiger partial charge in [-0.1, -0.05) is 0 Å². The maximum atomic E-state index is 12.0. The predicted octanol–water partition coefficient (Wildman–Crippen LogP) is 0.725. The van der Waals surface area contributed by atoms with Gasteiger partial charge in [-0.15, -0.1) is 0 Å². The SMILES string of the molecule is CCOC(=O)/C=C(\C)NC(=O)C(C)n1cc(C(=O)O)cn1. The Morgan fingerprint density at radius 3 is 2.71 bits per heavy atom. The Bertz CT molecular complexity index is 576. The number of ether oxygens (including phenoxy) is 1. The normalized spacial score (nSPS) is 12.6. The Kier molecular flexibility index (Phi) is 5.65. The second-order valence-corrected chi connectivity index (χ2v) is 4.26. The van der Waals surface area contributed by atoms with Crippen LogP contribution in [0.15, 0.2) is 24.2 Å². The molecule has 8 heteroatoms. The van der Waals surface area contributed by atoms with Gasteiger partial charge in [-0.05, 0) is 20.8 Å². The second-order valence-electron chi connectivity index (χ2n) is 4.26. The molecule has 21 heavy (non-hydrogen) atoms. The van der Waals surface area contributed by atoms with Crippen molar-refractivity contribution in [3.63, 3.8) is 0 Å². The summed E-state index contributed by atoms with van der Waals surface area (Å²) in [4.78, 5) is 33.9. The molecule has 0 bridgehead atoms. The van der Waals surface area contributed by atoms with Gasteiger partial charge in [0.2, 0.25) is 5.91 Å². The molecule has 0 fully saturated rings. The van der Waals surface area contributed by atoms with Crippen LogP contribution < -0.4 is 5.32 Å². The number of hydrogen-bond donors (Lipinski definition) is 2. The molecule has 0 saturated carbocycles. The number of aromatic carboxylic acids is 1. The van der Waals surface area contributed by atoms with Crippen molar-refractivity contribution in [3.8, 4) is 0 Å². The second kappa shape index (κ2) is 7.22. The van der Waals surface area contributed by atoms with E-state index in [0.29, 0.717) is 5.70 Å². The summed E-state index contributed by atoms with van der Waals surface area (Å²) in [5.41, 5.74) is 0.323. The molecule has 1 heterocycles. The van der Waals surface area contributed by atoms with Gasteiger partial charge >= 0.3 is 11.9 Å². The highest BCUT2D eigenvalue weighted by Gasteiger charge is 2.17. The molecule has 1 rings (SSSR count). The molecule has 1 atom stereocenters. The summed E-state index contributed by atoms with van der Waals surface area (Å²) in [5.74, 6) is -2.09. The summed E-state index contributed by atoms with van der Waals surface area (Å²) in [6.07, 6.45) is 3.59. The zero-order chi connectivity index (χ0) is 16.0. The first-order valence-corrected chi connectivity index (χ1v) is 6.28. The number of carboxylic acids is 1. The lowest BCUT2D eigenvalue weighted by molar-refractivity contribution is -0.137. The minimum Gasteiger partial charge on any atom is -0.478 e. The lowest BCUT2D eigenvalue weighted by Gasteiger charge is -2.12. The van der Waals surface area contributed by atoms with Crippen LogP contribution in [-0.4, -0.2) is 39.3 Å². The minimum atomic E-state index is -1.12. The van der Waals surface area contributed by atoms with E-state index in [1.807, 2.05) is 0 Å². The average molecular weight is 295 g/mol. The molecular formula is C13H17N3O5. The molecule has 1 unspecified atom stereocenters. The van der Waals surface area contributed by atoms with Crippen LogP contribution in [0.2, 0.25) is 0 Å². The van der Waals surface area contributed by atoms with Crippen LogP contribution in [0.4, 0.5) is 0 Å². The van der Waals surface area contributed by atoms with Crippen molar-refractivity contribution in [1.82, 2.24) is 15.1 Å². The van der Waals surface area contributed by atoms with Crippen LogP contribution in [0.3, 0.4) is 0 Å². The number of carbonyl (C=O) groups is 3. The minimum absolute atomic E-state index is 0.00608. The quantitative estimate of drug-likeness (QED) is 0.591. The number of hydrogen-bond acceptors (Lipinski definition) is 5. The first-order chi connectivity index (χ1) is 9.85. The molecule has 1 aromatic rings. The van der Waals surface area contributed by atoms with E-state index < -0.39 is 23.9 Å². The first-order valence-electron chi connectivity index (χ1n) is 6.28. The van der Waals surface area contributed by atoms with E-state index in [1.165, 1.54) is 17.0 Å². The van der Waals surface area contributed by atoms with Gasteiger partial charge in [0, 0.05) is 18.0 Å².